The summed E-state index contributed by atoms with van der Waals surface area (Å²) in [5.41, 5.74) is 23.0. The number of anilines is 6. The minimum Gasteiger partial charge on any atom is -0.468 e. The molecule has 0 amide bonds. The summed E-state index contributed by atoms with van der Waals surface area (Å²) in [6, 6.07) is 55.2. The van der Waals surface area contributed by atoms with Crippen LogP contribution in [0, 0.1) is 6.92 Å². The van der Waals surface area contributed by atoms with E-state index in [0.29, 0.717) is 0 Å². The van der Waals surface area contributed by atoms with Gasteiger partial charge in [-0.05, 0) is 128 Å². The summed E-state index contributed by atoms with van der Waals surface area (Å²) in [6.07, 6.45) is 2.33. The summed E-state index contributed by atoms with van der Waals surface area (Å²) in [5.74, 6) is 0. The van der Waals surface area contributed by atoms with Gasteiger partial charge < -0.3 is 14.2 Å². The maximum absolute atomic E-state index is 7.38. The Balaban J connectivity index is 1.31. The van der Waals surface area contributed by atoms with Crippen molar-refractivity contribution in [2.45, 2.75) is 111 Å². The van der Waals surface area contributed by atoms with Crippen LogP contribution < -0.4 is 26.4 Å². The molecule has 4 heteroatoms. The Morgan fingerprint density at radius 1 is 0.523 bits per heavy atom. The van der Waals surface area contributed by atoms with Crippen LogP contribution in [0.5, 0.6) is 0 Å². The molecule has 7 aromatic carbocycles. The molecule has 3 aliphatic rings. The standard InChI is InChI=1S/C61H61BN2O/c1-38-25-30-53-46(33-38)56-57(65-53)62-49-34-41(58(2,3)4)26-29-50(49)64(55-44(39-19-14-12-15-20-39)23-18-24-45(55)40-21-16-13-17-22-40)52-36-42(59(5,6)7)35-51(54(52)62)63(56)43-27-28-47-48(37-43)61(10,11)32-31-60(47,8)9/h12-30,33-37H,31-32H2,1-11H3. The Kier molecular flexibility index (Phi) is 9.16. The first-order chi connectivity index (χ1) is 30.9. The van der Waals surface area contributed by atoms with Crippen molar-refractivity contribution < 1.29 is 4.42 Å². The van der Waals surface area contributed by atoms with Crippen LogP contribution >= 0.6 is 0 Å². The van der Waals surface area contributed by atoms with E-state index in [-0.39, 0.29) is 28.4 Å². The van der Waals surface area contributed by atoms with Gasteiger partial charge in [0.05, 0.1) is 17.0 Å². The van der Waals surface area contributed by atoms with Crippen molar-refractivity contribution in [2.75, 3.05) is 9.80 Å². The molecule has 0 fully saturated rings. The number of benzene rings is 7. The molecule has 3 nitrogen and oxygen atoms in total. The van der Waals surface area contributed by atoms with Crippen LogP contribution in [0.25, 0.3) is 33.2 Å². The van der Waals surface area contributed by atoms with Gasteiger partial charge in [-0.15, -0.1) is 0 Å². The average molecular weight is 849 g/mol. The first kappa shape index (κ1) is 41.4. The van der Waals surface area contributed by atoms with Gasteiger partial charge in [0.15, 0.2) is 0 Å². The fourth-order valence-corrected chi connectivity index (χ4v) is 11.2. The quantitative estimate of drug-likeness (QED) is 0.165. The van der Waals surface area contributed by atoms with Gasteiger partial charge in [0.2, 0.25) is 0 Å². The predicted molar refractivity (Wildman–Crippen MR) is 279 cm³/mol. The van der Waals surface area contributed by atoms with Crippen LogP contribution in [0.3, 0.4) is 0 Å². The lowest BCUT2D eigenvalue weighted by atomic mass is 9.35. The zero-order valence-corrected chi connectivity index (χ0v) is 40.2. The van der Waals surface area contributed by atoms with Crippen LogP contribution in [-0.2, 0) is 21.7 Å². The van der Waals surface area contributed by atoms with E-state index >= 15 is 0 Å². The molecule has 2 aliphatic heterocycles. The SMILES string of the molecule is Cc1ccc2oc3c(c2c1)N(c1ccc2c(c1)C(C)(C)CCC2(C)C)c1cc(C(C)(C)C)cc2c1B3c1cc(C(C)(C)C)ccc1N2c1c(-c2ccccc2)cccc1-c1ccccc1. The first-order valence-corrected chi connectivity index (χ1v) is 23.8. The molecule has 0 saturated carbocycles. The molecule has 0 radical (unpaired) electrons. The highest BCUT2D eigenvalue weighted by atomic mass is 16.3. The van der Waals surface area contributed by atoms with Crippen molar-refractivity contribution in [3.63, 3.8) is 0 Å². The highest BCUT2D eigenvalue weighted by Crippen LogP contribution is 2.54. The minimum atomic E-state index is -0.160. The molecular weight excluding hydrogens is 787 g/mol. The molecule has 65 heavy (non-hydrogen) atoms. The third-order valence-corrected chi connectivity index (χ3v) is 15.1. The second-order valence-corrected chi connectivity index (χ2v) is 22.6. The topological polar surface area (TPSA) is 19.6 Å². The average Bonchev–Trinajstić information content (AvgIpc) is 3.65. The third kappa shape index (κ3) is 6.53. The summed E-state index contributed by atoms with van der Waals surface area (Å²) in [6.45, 7) is 25.9. The number of fused-ring (bicyclic) bond motifs is 7. The molecule has 0 unspecified atom stereocenters. The molecule has 324 valence electrons. The Bertz CT molecular complexity index is 3140. The van der Waals surface area contributed by atoms with E-state index in [0.717, 1.165) is 28.7 Å². The number of furan rings is 1. The van der Waals surface area contributed by atoms with Gasteiger partial charge in [0, 0.05) is 39.3 Å². The van der Waals surface area contributed by atoms with Gasteiger partial charge in [-0.25, -0.2) is 0 Å². The number of hydrogen-bond donors (Lipinski definition) is 0. The predicted octanol–water partition coefficient (Wildman–Crippen LogP) is 15.1. The Hall–Kier alpha value is -6.26. The van der Waals surface area contributed by atoms with Crippen LogP contribution in [0.2, 0.25) is 0 Å². The van der Waals surface area contributed by atoms with Gasteiger partial charge in [-0.3, -0.25) is 0 Å². The highest BCUT2D eigenvalue weighted by Gasteiger charge is 2.49. The largest absolute Gasteiger partial charge is 0.468 e. The molecule has 0 N–H and O–H groups in total. The van der Waals surface area contributed by atoms with Crippen LogP contribution in [0.15, 0.2) is 150 Å². The lowest BCUT2D eigenvalue weighted by Crippen LogP contribution is -2.61. The van der Waals surface area contributed by atoms with E-state index in [4.69, 9.17) is 4.42 Å². The fourth-order valence-electron chi connectivity index (χ4n) is 11.2. The van der Waals surface area contributed by atoms with E-state index < -0.39 is 0 Å². The van der Waals surface area contributed by atoms with Crippen molar-refractivity contribution in [1.82, 2.24) is 0 Å². The highest BCUT2D eigenvalue weighted by molar-refractivity contribution is 7.00. The van der Waals surface area contributed by atoms with E-state index in [1.807, 2.05) is 0 Å². The van der Waals surface area contributed by atoms with E-state index in [9.17, 15) is 0 Å². The normalized spacial score (nSPS) is 16.0. The van der Waals surface area contributed by atoms with E-state index in [2.05, 4.69) is 232 Å². The summed E-state index contributed by atoms with van der Waals surface area (Å²) in [7, 11) is 0. The number of aryl methyl sites for hydroxylation is 1. The third-order valence-electron chi connectivity index (χ3n) is 15.1. The van der Waals surface area contributed by atoms with E-state index in [1.54, 1.807) is 0 Å². The van der Waals surface area contributed by atoms with Gasteiger partial charge in [-0.1, -0.05) is 178 Å². The number of hydrogen-bond acceptors (Lipinski definition) is 3. The molecule has 1 aromatic heterocycles. The first-order valence-electron chi connectivity index (χ1n) is 23.8. The lowest BCUT2D eigenvalue weighted by molar-refractivity contribution is 0.332. The number of para-hydroxylation sites is 1. The van der Waals surface area contributed by atoms with Gasteiger partial charge in [0.1, 0.15) is 5.58 Å². The van der Waals surface area contributed by atoms with Crippen LogP contribution in [0.4, 0.5) is 34.1 Å². The lowest BCUT2D eigenvalue weighted by Gasteiger charge is -2.45. The summed E-state index contributed by atoms with van der Waals surface area (Å²) in [4.78, 5) is 5.23. The molecule has 3 heterocycles. The maximum Gasteiger partial charge on any atom is 0.297 e. The molecule has 11 rings (SSSR count). The monoisotopic (exact) mass is 848 g/mol. The molecule has 0 saturated heterocycles. The van der Waals surface area contributed by atoms with Gasteiger partial charge >= 0.3 is 0 Å². The number of nitrogens with zero attached hydrogens (tertiary/aromatic N) is 2. The van der Waals surface area contributed by atoms with Gasteiger partial charge in [0.25, 0.3) is 6.71 Å². The Labute approximate surface area is 387 Å². The van der Waals surface area contributed by atoms with Crippen molar-refractivity contribution in [3.05, 3.63) is 173 Å². The maximum atomic E-state index is 7.38. The van der Waals surface area contributed by atoms with Crippen LogP contribution in [-0.4, -0.2) is 6.71 Å². The minimum absolute atomic E-state index is 0.0395. The van der Waals surface area contributed by atoms with Crippen molar-refractivity contribution in [2.24, 2.45) is 0 Å². The summed E-state index contributed by atoms with van der Waals surface area (Å²) < 4.78 is 7.38. The second-order valence-electron chi connectivity index (χ2n) is 22.6. The zero-order chi connectivity index (χ0) is 45.4. The van der Waals surface area contributed by atoms with Gasteiger partial charge in [-0.2, -0.15) is 0 Å². The van der Waals surface area contributed by atoms with Crippen molar-refractivity contribution in [1.29, 1.82) is 0 Å². The summed E-state index contributed by atoms with van der Waals surface area (Å²) >= 11 is 0. The zero-order valence-electron chi connectivity index (χ0n) is 40.2. The van der Waals surface area contributed by atoms with Crippen molar-refractivity contribution in [3.8, 4) is 22.3 Å². The fraction of sp³-hybridized carbons (Fsp3) is 0.279. The molecule has 1 aliphatic carbocycles. The Morgan fingerprint density at radius 2 is 1.12 bits per heavy atom. The molecule has 0 spiro atoms. The smallest absolute Gasteiger partial charge is 0.297 e. The van der Waals surface area contributed by atoms with Crippen molar-refractivity contribution >= 4 is 68.4 Å². The number of rotatable bonds is 4. The molecular formula is C61H61BN2O. The van der Waals surface area contributed by atoms with E-state index in [1.165, 1.54) is 95.9 Å². The van der Waals surface area contributed by atoms with Crippen LogP contribution in [0.1, 0.15) is 110 Å². The second kappa shape index (κ2) is 14.4. The Morgan fingerprint density at radius 3 is 1.74 bits per heavy atom. The summed E-state index contributed by atoms with van der Waals surface area (Å²) in [5, 5.41) is 1.16. The molecule has 0 atom stereocenters. The molecule has 0 bridgehead atoms. The molecule has 8 aromatic rings.